The first-order valence-electron chi connectivity index (χ1n) is 7.58. The molecule has 0 radical (unpaired) electrons. The topological polar surface area (TPSA) is 42.4 Å². The molecule has 3 nitrogen and oxygen atoms in total. The van der Waals surface area contributed by atoms with Gasteiger partial charge in [0.15, 0.2) is 0 Å². The van der Waals surface area contributed by atoms with Crippen LogP contribution in [0.4, 0.5) is 0 Å². The highest BCUT2D eigenvalue weighted by Crippen LogP contribution is 2.10. The van der Waals surface area contributed by atoms with Gasteiger partial charge in [0.2, 0.25) is 5.88 Å². The van der Waals surface area contributed by atoms with Gasteiger partial charge in [0, 0.05) is 18.9 Å². The molecule has 0 spiro atoms. The van der Waals surface area contributed by atoms with Crippen molar-refractivity contribution in [2.45, 2.75) is 57.8 Å². The first-order chi connectivity index (χ1) is 9.43. The van der Waals surface area contributed by atoms with Crippen molar-refractivity contribution in [1.29, 1.82) is 0 Å². The molecule has 1 rings (SSSR count). The van der Waals surface area contributed by atoms with E-state index in [0.29, 0.717) is 6.61 Å². The lowest BCUT2D eigenvalue weighted by Gasteiger charge is -2.04. The number of pyridine rings is 1. The van der Waals surface area contributed by atoms with Crippen LogP contribution < -0.4 is 4.74 Å². The molecular weight excluding hydrogens is 238 g/mol. The highest BCUT2D eigenvalue weighted by atomic mass is 16.5. The van der Waals surface area contributed by atoms with Gasteiger partial charge in [0.1, 0.15) is 0 Å². The van der Waals surface area contributed by atoms with E-state index in [1.165, 1.54) is 44.9 Å². The Bertz CT molecular complexity index is 290. The normalized spacial score (nSPS) is 10.6. The van der Waals surface area contributed by atoms with Crippen LogP contribution in [-0.2, 0) is 0 Å². The Labute approximate surface area is 117 Å². The van der Waals surface area contributed by atoms with Gasteiger partial charge in [0.25, 0.3) is 0 Å². The summed E-state index contributed by atoms with van der Waals surface area (Å²) in [6, 6.07) is 5.74. The lowest BCUT2D eigenvalue weighted by Crippen LogP contribution is -1.98. The van der Waals surface area contributed by atoms with E-state index in [2.05, 4.69) is 4.98 Å². The molecule has 19 heavy (non-hydrogen) atoms. The number of hydrogen-bond acceptors (Lipinski definition) is 3. The van der Waals surface area contributed by atoms with Gasteiger partial charge in [-0.3, -0.25) is 0 Å². The minimum atomic E-state index is 0.344. The largest absolute Gasteiger partial charge is 0.478 e. The van der Waals surface area contributed by atoms with Crippen LogP contribution in [0.25, 0.3) is 0 Å². The SMILES string of the molecule is OCCCCCCCCCCCOc1ccccn1. The van der Waals surface area contributed by atoms with Crippen molar-refractivity contribution < 1.29 is 9.84 Å². The maximum absolute atomic E-state index is 8.66. The second-order valence-corrected chi connectivity index (χ2v) is 4.92. The standard InChI is InChI=1S/C16H27NO2/c18-14-10-6-4-2-1-3-5-7-11-15-19-16-12-8-9-13-17-16/h8-9,12-13,18H,1-7,10-11,14-15H2. The van der Waals surface area contributed by atoms with Crippen molar-refractivity contribution in [3.05, 3.63) is 24.4 Å². The maximum Gasteiger partial charge on any atom is 0.213 e. The second-order valence-electron chi connectivity index (χ2n) is 4.92. The molecule has 0 bridgehead atoms. The predicted octanol–water partition coefficient (Wildman–Crippen LogP) is 3.96. The summed E-state index contributed by atoms with van der Waals surface area (Å²) in [7, 11) is 0. The summed E-state index contributed by atoms with van der Waals surface area (Å²) in [5, 5.41) is 8.66. The van der Waals surface area contributed by atoms with Gasteiger partial charge in [-0.05, 0) is 18.9 Å². The number of aliphatic hydroxyl groups is 1. The molecule has 0 atom stereocenters. The third kappa shape index (κ3) is 9.48. The number of aliphatic hydroxyl groups excluding tert-OH is 1. The van der Waals surface area contributed by atoms with E-state index >= 15 is 0 Å². The highest BCUT2D eigenvalue weighted by molar-refractivity contribution is 5.08. The Kier molecular flexibility index (Phi) is 10.1. The van der Waals surface area contributed by atoms with Crippen LogP contribution in [0.15, 0.2) is 24.4 Å². The second kappa shape index (κ2) is 12.0. The molecule has 0 saturated heterocycles. The van der Waals surface area contributed by atoms with Gasteiger partial charge in [-0.15, -0.1) is 0 Å². The van der Waals surface area contributed by atoms with E-state index in [1.54, 1.807) is 6.20 Å². The molecule has 0 amide bonds. The first kappa shape index (κ1) is 16.0. The number of rotatable bonds is 12. The Balaban J connectivity index is 1.79. The van der Waals surface area contributed by atoms with E-state index in [1.807, 2.05) is 18.2 Å². The minimum absolute atomic E-state index is 0.344. The van der Waals surface area contributed by atoms with Gasteiger partial charge >= 0.3 is 0 Å². The van der Waals surface area contributed by atoms with E-state index in [9.17, 15) is 0 Å². The van der Waals surface area contributed by atoms with E-state index in [4.69, 9.17) is 9.84 Å². The zero-order valence-corrected chi connectivity index (χ0v) is 11.9. The molecular formula is C16H27NO2. The molecule has 0 aliphatic carbocycles. The van der Waals surface area contributed by atoms with Crippen LogP contribution in [0.5, 0.6) is 5.88 Å². The summed E-state index contributed by atoms with van der Waals surface area (Å²) < 4.78 is 5.54. The molecule has 0 fully saturated rings. The molecule has 1 aromatic heterocycles. The Hall–Kier alpha value is -1.09. The molecule has 0 aliphatic heterocycles. The zero-order valence-electron chi connectivity index (χ0n) is 11.9. The van der Waals surface area contributed by atoms with E-state index < -0.39 is 0 Å². The van der Waals surface area contributed by atoms with Crippen molar-refractivity contribution in [2.75, 3.05) is 13.2 Å². The fraction of sp³-hybridized carbons (Fsp3) is 0.688. The Morgan fingerprint density at radius 1 is 0.842 bits per heavy atom. The van der Waals surface area contributed by atoms with Crippen molar-refractivity contribution >= 4 is 0 Å². The van der Waals surface area contributed by atoms with Crippen molar-refractivity contribution in [3.8, 4) is 5.88 Å². The van der Waals surface area contributed by atoms with Crippen LogP contribution in [0.1, 0.15) is 57.8 Å². The Morgan fingerprint density at radius 3 is 2.05 bits per heavy atom. The number of ether oxygens (including phenoxy) is 1. The molecule has 0 saturated carbocycles. The van der Waals surface area contributed by atoms with Crippen molar-refractivity contribution in [2.24, 2.45) is 0 Å². The highest BCUT2D eigenvalue weighted by Gasteiger charge is 1.95. The van der Waals surface area contributed by atoms with E-state index in [0.717, 1.165) is 25.3 Å². The van der Waals surface area contributed by atoms with Gasteiger partial charge in [-0.1, -0.05) is 51.0 Å². The van der Waals surface area contributed by atoms with Gasteiger partial charge in [-0.25, -0.2) is 4.98 Å². The van der Waals surface area contributed by atoms with Gasteiger partial charge in [0.05, 0.1) is 6.61 Å². The van der Waals surface area contributed by atoms with Crippen LogP contribution in [0.2, 0.25) is 0 Å². The summed E-state index contributed by atoms with van der Waals surface area (Å²) in [4.78, 5) is 4.12. The third-order valence-corrected chi connectivity index (χ3v) is 3.19. The number of aromatic nitrogens is 1. The molecule has 0 aliphatic rings. The summed E-state index contributed by atoms with van der Waals surface area (Å²) in [6.07, 6.45) is 12.8. The molecule has 108 valence electrons. The smallest absolute Gasteiger partial charge is 0.213 e. The fourth-order valence-electron chi connectivity index (χ4n) is 2.06. The minimum Gasteiger partial charge on any atom is -0.478 e. The molecule has 1 aromatic rings. The van der Waals surface area contributed by atoms with E-state index in [-0.39, 0.29) is 0 Å². The number of unbranched alkanes of at least 4 members (excludes halogenated alkanes) is 8. The van der Waals surface area contributed by atoms with Gasteiger partial charge < -0.3 is 9.84 Å². The summed E-state index contributed by atoms with van der Waals surface area (Å²) >= 11 is 0. The van der Waals surface area contributed by atoms with Crippen LogP contribution in [0.3, 0.4) is 0 Å². The molecule has 3 heteroatoms. The summed E-state index contributed by atoms with van der Waals surface area (Å²) in [5.74, 6) is 0.728. The number of hydrogen-bond donors (Lipinski definition) is 1. The average molecular weight is 265 g/mol. The molecule has 0 aromatic carbocycles. The zero-order chi connectivity index (χ0) is 13.6. The maximum atomic E-state index is 8.66. The lowest BCUT2D eigenvalue weighted by atomic mass is 10.1. The molecule has 1 heterocycles. The monoisotopic (exact) mass is 265 g/mol. The number of nitrogens with zero attached hydrogens (tertiary/aromatic N) is 1. The van der Waals surface area contributed by atoms with Crippen molar-refractivity contribution in [3.63, 3.8) is 0 Å². The summed E-state index contributed by atoms with van der Waals surface area (Å²) in [5.41, 5.74) is 0. The quantitative estimate of drug-likeness (QED) is 0.582. The van der Waals surface area contributed by atoms with Crippen molar-refractivity contribution in [1.82, 2.24) is 4.98 Å². The lowest BCUT2D eigenvalue weighted by molar-refractivity contribution is 0.282. The summed E-state index contributed by atoms with van der Waals surface area (Å²) in [6.45, 7) is 1.11. The van der Waals surface area contributed by atoms with Gasteiger partial charge in [-0.2, -0.15) is 0 Å². The van der Waals surface area contributed by atoms with Crippen LogP contribution in [-0.4, -0.2) is 23.3 Å². The molecule has 0 unspecified atom stereocenters. The Morgan fingerprint density at radius 2 is 1.47 bits per heavy atom. The van der Waals surface area contributed by atoms with Crippen LogP contribution >= 0.6 is 0 Å². The fourth-order valence-corrected chi connectivity index (χ4v) is 2.06. The first-order valence-corrected chi connectivity index (χ1v) is 7.58. The molecule has 1 N–H and O–H groups in total. The van der Waals surface area contributed by atoms with Crippen LogP contribution in [0, 0.1) is 0 Å². The third-order valence-electron chi connectivity index (χ3n) is 3.19. The predicted molar refractivity (Wildman–Crippen MR) is 78.4 cm³/mol. The average Bonchev–Trinajstić information content (AvgIpc) is 2.46.